The first-order valence-corrected chi connectivity index (χ1v) is 12.6. The number of aromatic nitrogens is 3. The molecule has 1 aliphatic carbocycles. The number of halogens is 3. The molecule has 1 aromatic heterocycles. The van der Waals surface area contributed by atoms with Crippen LogP contribution in [-0.2, 0) is 22.3 Å². The van der Waals surface area contributed by atoms with Crippen LogP contribution in [0.1, 0.15) is 56.5 Å². The van der Waals surface area contributed by atoms with E-state index in [0.717, 1.165) is 37.8 Å². The molecule has 34 heavy (non-hydrogen) atoms. The van der Waals surface area contributed by atoms with Gasteiger partial charge in [-0.1, -0.05) is 37.1 Å². The van der Waals surface area contributed by atoms with Crippen LogP contribution >= 0.6 is 11.8 Å². The minimum absolute atomic E-state index is 0.0511. The smallest absolute Gasteiger partial charge is 0.378 e. The third kappa shape index (κ3) is 6.04. The van der Waals surface area contributed by atoms with Crippen LogP contribution in [-0.4, -0.2) is 57.1 Å². The number of benzene rings is 1. The Labute approximate surface area is 201 Å². The van der Waals surface area contributed by atoms with Crippen LogP contribution in [0.15, 0.2) is 29.4 Å². The molecule has 11 heteroatoms. The summed E-state index contributed by atoms with van der Waals surface area (Å²) in [6, 6.07) is 5.36. The fourth-order valence-corrected chi connectivity index (χ4v) is 5.47. The Morgan fingerprint density at radius 1 is 1.21 bits per heavy atom. The number of nitrogens with one attached hydrogen (secondary N) is 1. The Balaban J connectivity index is 1.50. The van der Waals surface area contributed by atoms with Gasteiger partial charge in [-0.05, 0) is 38.0 Å². The molecule has 1 saturated carbocycles. The third-order valence-corrected chi connectivity index (χ3v) is 7.31. The number of morpholine rings is 1. The predicted molar refractivity (Wildman–Crippen MR) is 124 cm³/mol. The van der Waals surface area contributed by atoms with Gasteiger partial charge in [0.15, 0.2) is 11.0 Å². The number of thioether (sulfide) groups is 1. The number of hydrogen-bond donors (Lipinski definition) is 1. The maximum absolute atomic E-state index is 13.1. The second kappa shape index (κ2) is 11.0. The van der Waals surface area contributed by atoms with E-state index in [1.54, 1.807) is 6.07 Å². The fraction of sp³-hybridized carbons (Fsp3) is 0.609. The molecule has 1 amide bonds. The van der Waals surface area contributed by atoms with Gasteiger partial charge < -0.3 is 19.5 Å². The number of rotatable bonds is 7. The molecule has 2 fully saturated rings. The summed E-state index contributed by atoms with van der Waals surface area (Å²) in [7, 11) is 0. The number of carbonyl (C=O) groups excluding carboxylic acids is 1. The van der Waals surface area contributed by atoms with E-state index in [-0.39, 0.29) is 23.7 Å². The van der Waals surface area contributed by atoms with Gasteiger partial charge in [-0.15, -0.1) is 10.2 Å². The van der Waals surface area contributed by atoms with Crippen LogP contribution < -0.4 is 5.32 Å². The lowest BCUT2D eigenvalue weighted by atomic mass is 9.95. The van der Waals surface area contributed by atoms with Gasteiger partial charge in [0, 0.05) is 24.8 Å². The highest BCUT2D eigenvalue weighted by atomic mass is 32.2. The van der Waals surface area contributed by atoms with E-state index >= 15 is 0 Å². The Kier molecular flexibility index (Phi) is 8.02. The zero-order chi connectivity index (χ0) is 24.1. The minimum atomic E-state index is -4.40. The second-order valence-corrected chi connectivity index (χ2v) is 10.00. The average Bonchev–Trinajstić information content (AvgIpc) is 3.25. The largest absolute Gasteiger partial charge is 0.416 e. The molecule has 2 aliphatic rings. The average molecular weight is 498 g/mol. The number of alkyl halides is 3. The zero-order valence-electron chi connectivity index (χ0n) is 19.2. The Hall–Kier alpha value is -2.27. The molecule has 186 valence electrons. The molecule has 0 radical (unpaired) electrons. The molecule has 7 nitrogen and oxygen atoms in total. The Bertz CT molecular complexity index is 972. The highest BCUT2D eigenvalue weighted by molar-refractivity contribution is 8.00. The van der Waals surface area contributed by atoms with Gasteiger partial charge in [-0.2, -0.15) is 13.2 Å². The van der Waals surface area contributed by atoms with Crippen LogP contribution in [0.3, 0.4) is 0 Å². The maximum atomic E-state index is 13.1. The molecular weight excluding hydrogens is 467 g/mol. The first kappa shape index (κ1) is 24.8. The van der Waals surface area contributed by atoms with Crippen molar-refractivity contribution < 1.29 is 22.7 Å². The van der Waals surface area contributed by atoms with Crippen molar-refractivity contribution in [1.82, 2.24) is 19.7 Å². The van der Waals surface area contributed by atoms with E-state index in [9.17, 15) is 18.0 Å². The van der Waals surface area contributed by atoms with Gasteiger partial charge in [0.05, 0.1) is 30.6 Å². The summed E-state index contributed by atoms with van der Waals surface area (Å²) < 4.78 is 46.6. The molecule has 1 aliphatic heterocycles. The Morgan fingerprint density at radius 3 is 2.65 bits per heavy atom. The third-order valence-electron chi connectivity index (χ3n) is 6.27. The molecule has 1 saturated heterocycles. The van der Waals surface area contributed by atoms with Crippen molar-refractivity contribution in [1.29, 1.82) is 0 Å². The summed E-state index contributed by atoms with van der Waals surface area (Å²) in [6.07, 6.45) is 0.991. The lowest BCUT2D eigenvalue weighted by molar-refractivity contribution is -0.137. The number of hydrogen-bond acceptors (Lipinski definition) is 6. The van der Waals surface area contributed by atoms with Gasteiger partial charge in [-0.25, -0.2) is 0 Å². The maximum Gasteiger partial charge on any atom is 0.416 e. The molecule has 0 spiro atoms. The molecule has 0 unspecified atom stereocenters. The normalized spacial score (nSPS) is 18.6. The molecular formula is C23H30F3N5O2S. The molecule has 2 aromatic rings. The standard InChI is InChI=1S/C23H30F3N5O2S/c1-16(21(32)30-10-12-33-13-11-30)34-22-29-28-20(31(22)19-8-3-2-4-9-19)15-27-18-7-5-6-17(14-18)23(24,25)26/h5-7,14,16,19,27H,2-4,8-13,15H2,1H3/t16-/m1/s1. The van der Waals surface area contributed by atoms with Crippen molar-refractivity contribution in [2.45, 2.75) is 68.2 Å². The van der Waals surface area contributed by atoms with E-state index in [0.29, 0.717) is 43.0 Å². The lowest BCUT2D eigenvalue weighted by Gasteiger charge is -2.29. The summed E-state index contributed by atoms with van der Waals surface area (Å²) in [5.41, 5.74) is -0.323. The number of carbonyl (C=O) groups is 1. The molecule has 2 heterocycles. The molecule has 4 rings (SSSR count). The summed E-state index contributed by atoms with van der Waals surface area (Å²) in [5, 5.41) is 12.2. The van der Waals surface area contributed by atoms with Gasteiger partial charge in [0.2, 0.25) is 5.91 Å². The SMILES string of the molecule is C[C@@H](Sc1nnc(CNc2cccc(C(F)(F)F)c2)n1C1CCCCC1)C(=O)N1CCOCC1. The van der Waals surface area contributed by atoms with Gasteiger partial charge >= 0.3 is 6.18 Å². The Morgan fingerprint density at radius 2 is 1.94 bits per heavy atom. The van der Waals surface area contributed by atoms with Gasteiger partial charge in [-0.3, -0.25) is 4.79 Å². The van der Waals surface area contributed by atoms with Gasteiger partial charge in [0.1, 0.15) is 0 Å². The predicted octanol–water partition coefficient (Wildman–Crippen LogP) is 4.75. The van der Waals surface area contributed by atoms with Gasteiger partial charge in [0.25, 0.3) is 0 Å². The number of ether oxygens (including phenoxy) is 1. The van der Waals surface area contributed by atoms with Crippen molar-refractivity contribution in [2.24, 2.45) is 0 Å². The van der Waals surface area contributed by atoms with Crippen molar-refractivity contribution >= 4 is 23.4 Å². The summed E-state index contributed by atoms with van der Waals surface area (Å²) in [6.45, 7) is 4.40. The minimum Gasteiger partial charge on any atom is -0.378 e. The van der Waals surface area contributed by atoms with E-state index in [4.69, 9.17) is 4.74 Å². The zero-order valence-corrected chi connectivity index (χ0v) is 20.0. The van der Waals surface area contributed by atoms with Crippen LogP contribution in [0, 0.1) is 0 Å². The summed E-state index contributed by atoms with van der Waals surface area (Å²) >= 11 is 1.39. The second-order valence-electron chi connectivity index (χ2n) is 8.69. The van der Waals surface area contributed by atoms with Crippen molar-refractivity contribution in [3.63, 3.8) is 0 Å². The van der Waals surface area contributed by atoms with Crippen LogP contribution in [0.2, 0.25) is 0 Å². The molecule has 1 aromatic carbocycles. The van der Waals surface area contributed by atoms with E-state index < -0.39 is 11.7 Å². The highest BCUT2D eigenvalue weighted by Crippen LogP contribution is 2.35. The van der Waals surface area contributed by atoms with E-state index in [1.165, 1.54) is 24.2 Å². The number of amides is 1. The molecule has 1 N–H and O–H groups in total. The first-order chi connectivity index (χ1) is 16.3. The van der Waals surface area contributed by atoms with Crippen LogP contribution in [0.25, 0.3) is 0 Å². The summed E-state index contributed by atoms with van der Waals surface area (Å²) in [4.78, 5) is 14.7. The highest BCUT2D eigenvalue weighted by Gasteiger charge is 2.31. The van der Waals surface area contributed by atoms with E-state index in [2.05, 4.69) is 20.1 Å². The number of anilines is 1. The van der Waals surface area contributed by atoms with Crippen LogP contribution in [0.4, 0.5) is 18.9 Å². The number of nitrogens with zero attached hydrogens (tertiary/aromatic N) is 4. The van der Waals surface area contributed by atoms with Crippen LogP contribution in [0.5, 0.6) is 0 Å². The lowest BCUT2D eigenvalue weighted by Crippen LogP contribution is -2.44. The first-order valence-electron chi connectivity index (χ1n) is 11.7. The van der Waals surface area contributed by atoms with Crippen molar-refractivity contribution in [3.05, 3.63) is 35.7 Å². The van der Waals surface area contributed by atoms with Crippen molar-refractivity contribution in [2.75, 3.05) is 31.6 Å². The monoisotopic (exact) mass is 497 g/mol. The summed E-state index contributed by atoms with van der Waals surface area (Å²) in [5.74, 6) is 0.716. The molecule has 0 bridgehead atoms. The molecule has 1 atom stereocenters. The quantitative estimate of drug-likeness (QED) is 0.557. The topological polar surface area (TPSA) is 72.3 Å². The fourth-order valence-electron chi connectivity index (χ4n) is 4.45. The van der Waals surface area contributed by atoms with E-state index in [1.807, 2.05) is 11.8 Å². The van der Waals surface area contributed by atoms with Crippen molar-refractivity contribution in [3.8, 4) is 0 Å².